The van der Waals surface area contributed by atoms with Gasteiger partial charge in [-0.15, -0.1) is 0 Å². The van der Waals surface area contributed by atoms with Crippen LogP contribution in [0.5, 0.6) is 0 Å². The summed E-state index contributed by atoms with van der Waals surface area (Å²) in [4.78, 5) is 12.2. The van der Waals surface area contributed by atoms with E-state index in [1.165, 1.54) is 6.07 Å². The molecule has 1 N–H and O–H groups in total. The smallest absolute Gasteiger partial charge is 0.296 e. The average molecular weight is 345 g/mol. The Kier molecular flexibility index (Phi) is 4.50. The van der Waals surface area contributed by atoms with Crippen LogP contribution >= 0.6 is 0 Å². The van der Waals surface area contributed by atoms with Gasteiger partial charge in [0.1, 0.15) is 5.71 Å². The second-order valence-corrected chi connectivity index (χ2v) is 4.79. The molecule has 126 valence electrons. The van der Waals surface area contributed by atoms with Gasteiger partial charge in [0.15, 0.2) is 0 Å². The molecule has 0 radical (unpaired) electrons. The first kappa shape index (κ1) is 17.7. The van der Waals surface area contributed by atoms with Crippen molar-refractivity contribution in [1.29, 1.82) is 5.41 Å². The Hall–Kier alpha value is -2.64. The van der Waals surface area contributed by atoms with Crippen molar-refractivity contribution in [3.05, 3.63) is 70.8 Å². The van der Waals surface area contributed by atoms with Crippen molar-refractivity contribution in [3.8, 4) is 0 Å². The SMILES string of the molecule is N=C(C(=O)c1ccccc1C(F)(F)F)c1ccccc1C(F)(F)F. The minimum absolute atomic E-state index is 0.635. The van der Waals surface area contributed by atoms with Gasteiger partial charge in [-0.1, -0.05) is 36.4 Å². The van der Waals surface area contributed by atoms with Crippen molar-refractivity contribution in [3.63, 3.8) is 0 Å². The highest BCUT2D eigenvalue weighted by Gasteiger charge is 2.38. The van der Waals surface area contributed by atoms with Gasteiger partial charge < -0.3 is 0 Å². The van der Waals surface area contributed by atoms with Gasteiger partial charge in [0.2, 0.25) is 5.78 Å². The van der Waals surface area contributed by atoms with Crippen LogP contribution in [-0.4, -0.2) is 11.5 Å². The number of nitrogens with one attached hydrogen (secondary N) is 1. The predicted molar refractivity (Wildman–Crippen MR) is 74.0 cm³/mol. The molecule has 24 heavy (non-hydrogen) atoms. The summed E-state index contributed by atoms with van der Waals surface area (Å²) in [6.45, 7) is 0. The van der Waals surface area contributed by atoms with E-state index < -0.39 is 46.1 Å². The molecule has 0 aliphatic carbocycles. The summed E-state index contributed by atoms with van der Waals surface area (Å²) < 4.78 is 77.7. The summed E-state index contributed by atoms with van der Waals surface area (Å²) in [6, 6.07) is 7.42. The summed E-state index contributed by atoms with van der Waals surface area (Å²) in [5.74, 6) is -1.43. The molecule has 0 heterocycles. The van der Waals surface area contributed by atoms with Gasteiger partial charge in [-0.25, -0.2) is 0 Å². The third-order valence-electron chi connectivity index (χ3n) is 3.21. The molecule has 0 saturated carbocycles. The zero-order valence-electron chi connectivity index (χ0n) is 11.8. The van der Waals surface area contributed by atoms with E-state index in [1.807, 2.05) is 0 Å². The molecule has 0 atom stereocenters. The highest BCUT2D eigenvalue weighted by Crippen LogP contribution is 2.34. The molecule has 0 bridgehead atoms. The number of hydrogen-bond acceptors (Lipinski definition) is 2. The maximum atomic E-state index is 13.0. The van der Waals surface area contributed by atoms with Gasteiger partial charge in [-0.2, -0.15) is 26.3 Å². The summed E-state index contributed by atoms with van der Waals surface area (Å²) in [5.41, 5.74) is -5.35. The lowest BCUT2D eigenvalue weighted by molar-refractivity contribution is -0.138. The maximum absolute atomic E-state index is 13.0. The number of ketones is 1. The van der Waals surface area contributed by atoms with E-state index in [9.17, 15) is 31.1 Å². The van der Waals surface area contributed by atoms with Gasteiger partial charge >= 0.3 is 12.4 Å². The lowest BCUT2D eigenvalue weighted by atomic mass is 9.94. The number of benzene rings is 2. The number of carbonyl (C=O) groups excluding carboxylic acids is 1. The molecular weight excluding hydrogens is 336 g/mol. The van der Waals surface area contributed by atoms with Gasteiger partial charge in [-0.3, -0.25) is 10.2 Å². The Morgan fingerprint density at radius 2 is 1.08 bits per heavy atom. The fraction of sp³-hybridized carbons (Fsp3) is 0.125. The van der Waals surface area contributed by atoms with Gasteiger partial charge in [-0.05, 0) is 12.1 Å². The van der Waals surface area contributed by atoms with Gasteiger partial charge in [0.05, 0.1) is 11.1 Å². The third kappa shape index (κ3) is 3.47. The van der Waals surface area contributed by atoms with E-state index in [-0.39, 0.29) is 0 Å². The highest BCUT2D eigenvalue weighted by atomic mass is 19.4. The number of halogens is 6. The molecule has 2 rings (SSSR count). The molecule has 2 aromatic rings. The first-order valence-corrected chi connectivity index (χ1v) is 6.49. The number of rotatable bonds is 3. The standard InChI is InChI=1S/C16H9F6NO/c17-15(18,19)11-7-3-1-5-9(11)13(23)14(24)10-6-2-4-8-12(10)16(20,21)22/h1-8,23H. The van der Waals surface area contributed by atoms with Crippen LogP contribution < -0.4 is 0 Å². The van der Waals surface area contributed by atoms with E-state index in [4.69, 9.17) is 5.41 Å². The lowest BCUT2D eigenvalue weighted by Crippen LogP contribution is -2.22. The van der Waals surface area contributed by atoms with Crippen LogP contribution in [0.4, 0.5) is 26.3 Å². The molecule has 0 aromatic heterocycles. The van der Waals surface area contributed by atoms with Crippen molar-refractivity contribution in [2.75, 3.05) is 0 Å². The van der Waals surface area contributed by atoms with Crippen molar-refractivity contribution in [1.82, 2.24) is 0 Å². The van der Waals surface area contributed by atoms with E-state index in [2.05, 4.69) is 0 Å². The van der Waals surface area contributed by atoms with Gasteiger partial charge in [0, 0.05) is 11.1 Å². The van der Waals surface area contributed by atoms with E-state index in [1.54, 1.807) is 0 Å². The molecule has 8 heteroatoms. The molecule has 0 saturated heterocycles. The lowest BCUT2D eigenvalue weighted by Gasteiger charge is -2.15. The Labute approximate surface area is 132 Å². The minimum Gasteiger partial charge on any atom is -0.296 e. The highest BCUT2D eigenvalue weighted by molar-refractivity contribution is 6.50. The predicted octanol–water partition coefficient (Wildman–Crippen LogP) is 4.97. The molecule has 0 amide bonds. The second-order valence-electron chi connectivity index (χ2n) is 4.79. The van der Waals surface area contributed by atoms with Crippen LogP contribution in [0.2, 0.25) is 0 Å². The number of hydrogen-bond donors (Lipinski definition) is 1. The molecular formula is C16H9F6NO. The summed E-state index contributed by atoms with van der Waals surface area (Å²) in [6.07, 6.45) is -9.71. The average Bonchev–Trinajstić information content (AvgIpc) is 2.52. The normalized spacial score (nSPS) is 12.1. The molecule has 0 aliphatic rings. The van der Waals surface area contributed by atoms with Crippen LogP contribution in [0, 0.1) is 5.41 Å². The Bertz CT molecular complexity index is 724. The Morgan fingerprint density at radius 1 is 0.708 bits per heavy atom. The van der Waals surface area contributed by atoms with Crippen LogP contribution in [0.1, 0.15) is 27.0 Å². The van der Waals surface area contributed by atoms with Crippen LogP contribution in [0.3, 0.4) is 0 Å². The fourth-order valence-corrected chi connectivity index (χ4v) is 2.13. The fourth-order valence-electron chi connectivity index (χ4n) is 2.13. The van der Waals surface area contributed by atoms with E-state index in [0.717, 1.165) is 30.3 Å². The summed E-state index contributed by atoms with van der Waals surface area (Å²) >= 11 is 0. The molecule has 0 fully saturated rings. The number of alkyl halides is 6. The van der Waals surface area contributed by atoms with E-state index in [0.29, 0.717) is 12.1 Å². The first-order valence-electron chi connectivity index (χ1n) is 6.49. The minimum atomic E-state index is -4.87. The molecule has 2 nitrogen and oxygen atoms in total. The number of carbonyl (C=O) groups is 1. The van der Waals surface area contributed by atoms with Crippen LogP contribution in [-0.2, 0) is 12.4 Å². The monoisotopic (exact) mass is 345 g/mol. The third-order valence-corrected chi connectivity index (χ3v) is 3.21. The largest absolute Gasteiger partial charge is 0.417 e. The van der Waals surface area contributed by atoms with E-state index >= 15 is 0 Å². The zero-order valence-corrected chi connectivity index (χ0v) is 11.8. The van der Waals surface area contributed by atoms with Crippen LogP contribution in [0.25, 0.3) is 0 Å². The maximum Gasteiger partial charge on any atom is 0.417 e. The van der Waals surface area contributed by atoms with Crippen molar-refractivity contribution >= 4 is 11.5 Å². The zero-order chi connectivity index (χ0) is 18.1. The molecule has 0 spiro atoms. The first-order chi connectivity index (χ1) is 11.0. The molecule has 0 aliphatic heterocycles. The number of Topliss-reactive ketones (excluding diaryl/α,β-unsaturated/α-hetero) is 1. The van der Waals surface area contributed by atoms with Crippen molar-refractivity contribution < 1.29 is 31.1 Å². The van der Waals surface area contributed by atoms with Crippen molar-refractivity contribution in [2.45, 2.75) is 12.4 Å². The molecule has 2 aromatic carbocycles. The van der Waals surface area contributed by atoms with Crippen molar-refractivity contribution in [2.24, 2.45) is 0 Å². The Balaban J connectivity index is 2.53. The quantitative estimate of drug-likeness (QED) is 0.476. The van der Waals surface area contributed by atoms with Gasteiger partial charge in [0.25, 0.3) is 0 Å². The van der Waals surface area contributed by atoms with Crippen LogP contribution in [0.15, 0.2) is 48.5 Å². The molecule has 0 unspecified atom stereocenters. The Morgan fingerprint density at radius 3 is 1.54 bits per heavy atom. The second kappa shape index (κ2) is 6.10. The summed E-state index contributed by atoms with van der Waals surface area (Å²) in [7, 11) is 0. The summed E-state index contributed by atoms with van der Waals surface area (Å²) in [5, 5.41) is 7.68. The topological polar surface area (TPSA) is 40.9 Å².